The van der Waals surface area contributed by atoms with Crippen molar-refractivity contribution in [2.24, 2.45) is 5.92 Å². The van der Waals surface area contributed by atoms with Crippen LogP contribution in [0.2, 0.25) is 0 Å². The van der Waals surface area contributed by atoms with E-state index in [9.17, 15) is 14.4 Å². The number of hydrogen-bond donors (Lipinski definition) is 0. The average Bonchev–Trinajstić information content (AvgIpc) is 3.27. The molecule has 1 saturated heterocycles. The summed E-state index contributed by atoms with van der Waals surface area (Å²) in [5.74, 6) is -0.550. The molecule has 2 fully saturated rings. The molecule has 25 heavy (non-hydrogen) atoms. The van der Waals surface area contributed by atoms with Crippen molar-refractivity contribution in [3.63, 3.8) is 0 Å². The van der Waals surface area contributed by atoms with E-state index in [0.717, 1.165) is 17.7 Å². The van der Waals surface area contributed by atoms with Crippen molar-refractivity contribution >= 4 is 34.7 Å². The lowest BCUT2D eigenvalue weighted by molar-refractivity contribution is -0.140. The average molecular weight is 354 g/mol. The Morgan fingerprint density at radius 1 is 1.12 bits per heavy atom. The van der Waals surface area contributed by atoms with Gasteiger partial charge >= 0.3 is 0 Å². The molecule has 3 amide bonds. The van der Waals surface area contributed by atoms with E-state index in [-0.39, 0.29) is 30.1 Å². The number of benzene rings is 1. The molecule has 1 atom stereocenters. The lowest BCUT2D eigenvalue weighted by atomic mass is 10.1. The molecule has 6 heteroatoms. The van der Waals surface area contributed by atoms with Gasteiger partial charge < -0.3 is 4.90 Å². The predicted molar refractivity (Wildman–Crippen MR) is 94.9 cm³/mol. The molecule has 2 aliphatic rings. The van der Waals surface area contributed by atoms with Gasteiger partial charge in [0.25, 0.3) is 5.91 Å². The first kappa shape index (κ1) is 16.0. The number of imide groups is 1. The van der Waals surface area contributed by atoms with E-state index in [1.54, 1.807) is 40.5 Å². The number of thiophene rings is 1. The van der Waals surface area contributed by atoms with Crippen LogP contribution in [0.3, 0.4) is 0 Å². The normalized spacial score (nSPS) is 20.2. The Hall–Kier alpha value is -2.47. The summed E-state index contributed by atoms with van der Waals surface area (Å²) in [6, 6.07) is 12.1. The Kier molecular flexibility index (Phi) is 4.13. The minimum Gasteiger partial charge on any atom is -0.325 e. The largest absolute Gasteiger partial charge is 0.325 e. The summed E-state index contributed by atoms with van der Waals surface area (Å²) in [4.78, 5) is 42.0. The van der Waals surface area contributed by atoms with Crippen LogP contribution in [0.1, 0.15) is 24.1 Å². The molecular weight excluding hydrogens is 336 g/mol. The Morgan fingerprint density at radius 3 is 2.52 bits per heavy atom. The van der Waals surface area contributed by atoms with Crippen LogP contribution in [0.25, 0.3) is 0 Å². The zero-order valence-electron chi connectivity index (χ0n) is 13.6. The Morgan fingerprint density at radius 2 is 1.88 bits per heavy atom. The van der Waals surface area contributed by atoms with Crippen LogP contribution in [0.15, 0.2) is 47.8 Å². The van der Waals surface area contributed by atoms with Crippen molar-refractivity contribution in [3.05, 3.63) is 52.7 Å². The summed E-state index contributed by atoms with van der Waals surface area (Å²) in [5.41, 5.74) is 0.565. The van der Waals surface area contributed by atoms with Gasteiger partial charge in [0, 0.05) is 10.8 Å². The molecule has 5 nitrogen and oxygen atoms in total. The predicted octanol–water partition coefficient (Wildman–Crippen LogP) is 2.82. The lowest BCUT2D eigenvalue weighted by Gasteiger charge is -2.27. The second-order valence-corrected chi connectivity index (χ2v) is 7.47. The quantitative estimate of drug-likeness (QED) is 0.776. The highest BCUT2D eigenvalue weighted by Crippen LogP contribution is 2.35. The van der Waals surface area contributed by atoms with E-state index in [0.29, 0.717) is 12.2 Å². The van der Waals surface area contributed by atoms with Crippen molar-refractivity contribution in [3.8, 4) is 0 Å². The maximum atomic E-state index is 12.9. The molecule has 1 unspecified atom stereocenters. The molecule has 128 valence electrons. The number of amides is 3. The monoisotopic (exact) mass is 354 g/mol. The van der Waals surface area contributed by atoms with E-state index in [2.05, 4.69) is 0 Å². The van der Waals surface area contributed by atoms with Crippen LogP contribution in [-0.2, 0) is 20.9 Å². The Labute approximate surface area is 149 Å². The van der Waals surface area contributed by atoms with Gasteiger partial charge in [-0.3, -0.25) is 14.4 Å². The molecule has 1 aromatic carbocycles. The highest BCUT2D eigenvalue weighted by atomic mass is 32.1. The van der Waals surface area contributed by atoms with E-state index in [1.807, 2.05) is 23.6 Å². The first-order valence-corrected chi connectivity index (χ1v) is 9.28. The van der Waals surface area contributed by atoms with Crippen LogP contribution in [0.4, 0.5) is 5.69 Å². The van der Waals surface area contributed by atoms with E-state index in [1.165, 1.54) is 4.90 Å². The SMILES string of the molecule is O=C1CC(N(Cc2cccs2)C(=O)C2CC2)C(=O)N1c1ccccc1. The number of hydrogen-bond acceptors (Lipinski definition) is 4. The number of rotatable bonds is 5. The molecule has 1 aromatic heterocycles. The third kappa shape index (κ3) is 3.09. The fourth-order valence-electron chi connectivity index (χ4n) is 3.18. The van der Waals surface area contributed by atoms with Crippen molar-refractivity contribution in [1.82, 2.24) is 4.90 Å². The van der Waals surface area contributed by atoms with Gasteiger partial charge in [-0.15, -0.1) is 11.3 Å². The van der Waals surface area contributed by atoms with Gasteiger partial charge in [-0.1, -0.05) is 24.3 Å². The first-order valence-electron chi connectivity index (χ1n) is 8.40. The number of carbonyl (C=O) groups is 3. The van der Waals surface area contributed by atoms with Crippen molar-refractivity contribution < 1.29 is 14.4 Å². The number of nitrogens with zero attached hydrogens (tertiary/aromatic N) is 2. The molecule has 0 N–H and O–H groups in total. The maximum absolute atomic E-state index is 12.9. The molecule has 0 spiro atoms. The standard InChI is InChI=1S/C19H18N2O3S/c22-17-11-16(19(24)21(17)14-5-2-1-3-6-14)20(18(23)13-8-9-13)12-15-7-4-10-25-15/h1-7,10,13,16H,8-9,11-12H2. The van der Waals surface area contributed by atoms with Crippen LogP contribution >= 0.6 is 11.3 Å². The summed E-state index contributed by atoms with van der Waals surface area (Å²) in [7, 11) is 0. The summed E-state index contributed by atoms with van der Waals surface area (Å²) in [6.07, 6.45) is 1.80. The molecule has 2 heterocycles. The third-order valence-corrected chi connectivity index (χ3v) is 5.49. The summed E-state index contributed by atoms with van der Waals surface area (Å²) in [5, 5.41) is 1.95. The molecule has 1 aliphatic heterocycles. The smallest absolute Gasteiger partial charge is 0.257 e. The van der Waals surface area contributed by atoms with E-state index in [4.69, 9.17) is 0 Å². The van der Waals surface area contributed by atoms with Gasteiger partial charge in [0.05, 0.1) is 18.7 Å². The molecule has 4 rings (SSSR count). The summed E-state index contributed by atoms with van der Waals surface area (Å²) < 4.78 is 0. The second kappa shape index (κ2) is 6.44. The molecule has 0 radical (unpaired) electrons. The van der Waals surface area contributed by atoms with Crippen molar-refractivity contribution in [1.29, 1.82) is 0 Å². The van der Waals surface area contributed by atoms with Gasteiger partial charge in [-0.25, -0.2) is 4.90 Å². The van der Waals surface area contributed by atoms with Crippen LogP contribution in [0, 0.1) is 5.92 Å². The Bertz CT molecular complexity index is 799. The summed E-state index contributed by atoms with van der Waals surface area (Å²) in [6.45, 7) is 0.388. The first-order chi connectivity index (χ1) is 12.1. The fraction of sp³-hybridized carbons (Fsp3) is 0.316. The van der Waals surface area contributed by atoms with Gasteiger partial charge in [0.1, 0.15) is 6.04 Å². The topological polar surface area (TPSA) is 57.7 Å². The fourth-order valence-corrected chi connectivity index (χ4v) is 3.89. The Balaban J connectivity index is 1.62. The zero-order chi connectivity index (χ0) is 17.4. The van der Waals surface area contributed by atoms with Crippen LogP contribution in [0.5, 0.6) is 0 Å². The highest BCUT2D eigenvalue weighted by Gasteiger charge is 2.46. The van der Waals surface area contributed by atoms with Crippen molar-refractivity contribution in [2.45, 2.75) is 31.8 Å². The molecule has 1 aliphatic carbocycles. The zero-order valence-corrected chi connectivity index (χ0v) is 14.4. The maximum Gasteiger partial charge on any atom is 0.257 e. The van der Waals surface area contributed by atoms with Crippen LogP contribution in [-0.4, -0.2) is 28.7 Å². The van der Waals surface area contributed by atoms with Crippen molar-refractivity contribution in [2.75, 3.05) is 4.90 Å². The number of para-hydroxylation sites is 1. The lowest BCUT2D eigenvalue weighted by Crippen LogP contribution is -2.45. The van der Waals surface area contributed by atoms with Gasteiger partial charge in [-0.05, 0) is 36.4 Å². The minimum atomic E-state index is -0.706. The van der Waals surface area contributed by atoms with Crippen LogP contribution < -0.4 is 4.90 Å². The minimum absolute atomic E-state index is 0.00513. The molecule has 2 aromatic rings. The molecule has 1 saturated carbocycles. The van der Waals surface area contributed by atoms with Gasteiger partial charge in [0.15, 0.2) is 0 Å². The van der Waals surface area contributed by atoms with E-state index >= 15 is 0 Å². The third-order valence-electron chi connectivity index (χ3n) is 4.63. The van der Waals surface area contributed by atoms with Gasteiger partial charge in [0.2, 0.25) is 11.8 Å². The molecular formula is C19H18N2O3S. The van der Waals surface area contributed by atoms with Gasteiger partial charge in [-0.2, -0.15) is 0 Å². The second-order valence-electron chi connectivity index (χ2n) is 6.44. The highest BCUT2D eigenvalue weighted by molar-refractivity contribution is 7.09. The number of anilines is 1. The summed E-state index contributed by atoms with van der Waals surface area (Å²) >= 11 is 1.56. The number of carbonyl (C=O) groups excluding carboxylic acids is 3. The molecule has 0 bridgehead atoms. The van der Waals surface area contributed by atoms with E-state index < -0.39 is 6.04 Å².